The van der Waals surface area contributed by atoms with Crippen molar-refractivity contribution in [1.82, 2.24) is 16.0 Å². The summed E-state index contributed by atoms with van der Waals surface area (Å²) in [4.78, 5) is 22.5. The minimum Gasteiger partial charge on any atom is -0.354 e. The van der Waals surface area contributed by atoms with Crippen molar-refractivity contribution in [1.29, 1.82) is 0 Å². The van der Waals surface area contributed by atoms with Crippen molar-refractivity contribution >= 4 is 23.7 Å². The molecule has 1 rings (SSSR count). The summed E-state index contributed by atoms with van der Waals surface area (Å²) in [5.41, 5.74) is 0. The Balaban J connectivity index is 1.97. The maximum Gasteiger partial charge on any atom is 0.315 e. The number of rotatable bonds is 8. The summed E-state index contributed by atoms with van der Waals surface area (Å²) in [6.07, 6.45) is 2.58. The standard InChI is InChI=1S/C13H25N3O2S/c1-9(2)14-12(17)6-4-5-7-19-8-11-10(3)15-13(18)16-11/h9-11H,4-8H2,1-3H3,(H,14,17)(H2,15,16,18). The zero-order valence-electron chi connectivity index (χ0n) is 12.0. The van der Waals surface area contributed by atoms with Gasteiger partial charge in [0.2, 0.25) is 5.91 Å². The van der Waals surface area contributed by atoms with Crippen molar-refractivity contribution in [2.24, 2.45) is 0 Å². The Hall–Kier alpha value is -0.910. The average molecular weight is 287 g/mol. The summed E-state index contributed by atoms with van der Waals surface area (Å²) < 4.78 is 0. The summed E-state index contributed by atoms with van der Waals surface area (Å²) >= 11 is 1.84. The highest BCUT2D eigenvalue weighted by atomic mass is 32.2. The Morgan fingerprint density at radius 3 is 2.68 bits per heavy atom. The average Bonchev–Trinajstić information content (AvgIpc) is 2.61. The molecule has 0 bridgehead atoms. The van der Waals surface area contributed by atoms with Crippen LogP contribution in [0.25, 0.3) is 0 Å². The molecule has 1 saturated heterocycles. The quantitative estimate of drug-likeness (QED) is 0.592. The lowest BCUT2D eigenvalue weighted by Crippen LogP contribution is -2.33. The molecule has 1 heterocycles. The Labute approximate surface area is 119 Å². The van der Waals surface area contributed by atoms with Gasteiger partial charge in [-0.3, -0.25) is 4.79 Å². The molecule has 1 aliphatic rings. The van der Waals surface area contributed by atoms with Gasteiger partial charge in [0, 0.05) is 24.3 Å². The molecule has 0 aliphatic carbocycles. The van der Waals surface area contributed by atoms with Gasteiger partial charge >= 0.3 is 6.03 Å². The molecule has 3 N–H and O–H groups in total. The van der Waals surface area contributed by atoms with Crippen LogP contribution in [0.15, 0.2) is 0 Å². The maximum atomic E-state index is 11.4. The third kappa shape index (κ3) is 6.71. The summed E-state index contributed by atoms with van der Waals surface area (Å²) in [5, 5.41) is 8.62. The van der Waals surface area contributed by atoms with Gasteiger partial charge in [-0.1, -0.05) is 0 Å². The van der Waals surface area contributed by atoms with Crippen molar-refractivity contribution in [2.75, 3.05) is 11.5 Å². The fourth-order valence-corrected chi connectivity index (χ4v) is 3.12. The van der Waals surface area contributed by atoms with Gasteiger partial charge in [-0.2, -0.15) is 11.8 Å². The molecule has 1 fully saturated rings. The van der Waals surface area contributed by atoms with Gasteiger partial charge in [-0.25, -0.2) is 4.79 Å². The molecule has 0 spiro atoms. The van der Waals surface area contributed by atoms with Crippen LogP contribution in [0.2, 0.25) is 0 Å². The Bertz CT molecular complexity index is 310. The molecule has 110 valence electrons. The number of hydrogen-bond donors (Lipinski definition) is 3. The van der Waals surface area contributed by atoms with Crippen LogP contribution < -0.4 is 16.0 Å². The molecule has 0 aromatic rings. The highest BCUT2D eigenvalue weighted by Gasteiger charge is 2.27. The molecule has 6 heteroatoms. The lowest BCUT2D eigenvalue weighted by molar-refractivity contribution is -0.121. The van der Waals surface area contributed by atoms with E-state index in [2.05, 4.69) is 16.0 Å². The normalized spacial score (nSPS) is 22.2. The van der Waals surface area contributed by atoms with E-state index < -0.39 is 0 Å². The van der Waals surface area contributed by atoms with Gasteiger partial charge in [-0.05, 0) is 39.4 Å². The first-order chi connectivity index (χ1) is 8.99. The van der Waals surface area contributed by atoms with Crippen LogP contribution in [0.3, 0.4) is 0 Å². The van der Waals surface area contributed by atoms with Gasteiger partial charge in [0.25, 0.3) is 0 Å². The van der Waals surface area contributed by atoms with Crippen molar-refractivity contribution in [3.05, 3.63) is 0 Å². The first kappa shape index (κ1) is 16.1. The van der Waals surface area contributed by atoms with Crippen molar-refractivity contribution in [2.45, 2.75) is 58.2 Å². The predicted octanol–water partition coefficient (Wildman–Crippen LogP) is 1.48. The SMILES string of the molecule is CC(C)NC(=O)CCCCSCC1NC(=O)NC1C. The van der Waals surface area contributed by atoms with E-state index in [1.165, 1.54) is 0 Å². The van der Waals surface area contributed by atoms with E-state index >= 15 is 0 Å². The number of nitrogens with one attached hydrogen (secondary N) is 3. The molecular weight excluding hydrogens is 262 g/mol. The molecule has 0 aromatic heterocycles. The minimum atomic E-state index is -0.0662. The number of hydrogen-bond acceptors (Lipinski definition) is 3. The molecule has 0 aromatic carbocycles. The Morgan fingerprint density at radius 2 is 2.11 bits per heavy atom. The number of amides is 3. The van der Waals surface area contributed by atoms with Crippen LogP contribution in [0.1, 0.15) is 40.0 Å². The summed E-state index contributed by atoms with van der Waals surface area (Å²) in [7, 11) is 0. The molecular formula is C13H25N3O2S. The highest BCUT2D eigenvalue weighted by molar-refractivity contribution is 7.99. The van der Waals surface area contributed by atoms with Crippen LogP contribution in [-0.2, 0) is 4.79 Å². The predicted molar refractivity (Wildman–Crippen MR) is 79.4 cm³/mol. The van der Waals surface area contributed by atoms with E-state index in [0.717, 1.165) is 24.3 Å². The molecule has 19 heavy (non-hydrogen) atoms. The summed E-state index contributed by atoms with van der Waals surface area (Å²) in [6.45, 7) is 5.96. The third-order valence-corrected chi connectivity index (χ3v) is 4.14. The smallest absolute Gasteiger partial charge is 0.315 e. The number of thioether (sulfide) groups is 1. The number of unbranched alkanes of at least 4 members (excludes halogenated alkanes) is 1. The lowest BCUT2D eigenvalue weighted by Gasteiger charge is -2.13. The molecule has 1 aliphatic heterocycles. The number of carbonyl (C=O) groups is 2. The van der Waals surface area contributed by atoms with Gasteiger partial charge in [-0.15, -0.1) is 0 Å². The molecule has 2 atom stereocenters. The Kier molecular flexibility index (Phi) is 7.05. The van der Waals surface area contributed by atoms with Gasteiger partial charge in [0.1, 0.15) is 0 Å². The van der Waals surface area contributed by atoms with Crippen LogP contribution in [0.5, 0.6) is 0 Å². The van der Waals surface area contributed by atoms with E-state index in [1.807, 2.05) is 32.5 Å². The molecule has 5 nitrogen and oxygen atoms in total. The minimum absolute atomic E-state index is 0.0662. The van der Waals surface area contributed by atoms with Crippen molar-refractivity contribution in [3.8, 4) is 0 Å². The van der Waals surface area contributed by atoms with E-state index in [-0.39, 0.29) is 30.1 Å². The number of urea groups is 1. The largest absolute Gasteiger partial charge is 0.354 e. The van der Waals surface area contributed by atoms with Gasteiger partial charge in [0.05, 0.1) is 6.04 Å². The fraction of sp³-hybridized carbons (Fsp3) is 0.846. The molecule has 2 unspecified atom stereocenters. The zero-order chi connectivity index (χ0) is 14.3. The van der Waals surface area contributed by atoms with Crippen LogP contribution >= 0.6 is 11.8 Å². The van der Waals surface area contributed by atoms with Crippen molar-refractivity contribution < 1.29 is 9.59 Å². The Morgan fingerprint density at radius 1 is 1.37 bits per heavy atom. The van der Waals surface area contributed by atoms with Crippen LogP contribution in [0, 0.1) is 0 Å². The van der Waals surface area contributed by atoms with E-state index in [4.69, 9.17) is 0 Å². The first-order valence-corrected chi connectivity index (χ1v) is 8.08. The topological polar surface area (TPSA) is 70.2 Å². The monoisotopic (exact) mass is 287 g/mol. The second-order valence-corrected chi connectivity index (χ2v) is 6.42. The lowest BCUT2D eigenvalue weighted by atomic mass is 10.2. The second kappa shape index (κ2) is 8.30. The summed E-state index contributed by atoms with van der Waals surface area (Å²) in [6, 6.07) is 0.587. The highest BCUT2D eigenvalue weighted by Crippen LogP contribution is 2.12. The molecule has 3 amide bonds. The molecule has 0 saturated carbocycles. The third-order valence-electron chi connectivity index (χ3n) is 2.97. The fourth-order valence-electron chi connectivity index (χ4n) is 1.92. The first-order valence-electron chi connectivity index (χ1n) is 6.93. The van der Waals surface area contributed by atoms with Crippen molar-refractivity contribution in [3.63, 3.8) is 0 Å². The zero-order valence-corrected chi connectivity index (χ0v) is 12.8. The summed E-state index contributed by atoms with van der Waals surface area (Å²) in [5.74, 6) is 2.10. The van der Waals surface area contributed by atoms with Gasteiger partial charge < -0.3 is 16.0 Å². The number of carbonyl (C=O) groups excluding carboxylic acids is 2. The van der Waals surface area contributed by atoms with E-state index in [9.17, 15) is 9.59 Å². The van der Waals surface area contributed by atoms with Gasteiger partial charge in [0.15, 0.2) is 0 Å². The van der Waals surface area contributed by atoms with Crippen LogP contribution in [0.4, 0.5) is 4.79 Å². The van der Waals surface area contributed by atoms with E-state index in [1.54, 1.807) is 0 Å². The second-order valence-electron chi connectivity index (χ2n) is 5.27. The van der Waals surface area contributed by atoms with Crippen LogP contribution in [-0.4, -0.2) is 41.6 Å². The molecule has 0 radical (unpaired) electrons. The van der Waals surface area contributed by atoms with E-state index in [0.29, 0.717) is 6.42 Å². The maximum absolute atomic E-state index is 11.4.